The Balaban J connectivity index is 1.44. The summed E-state index contributed by atoms with van der Waals surface area (Å²) in [5.74, 6) is -0.00706. The maximum atomic E-state index is 12.2. The van der Waals surface area contributed by atoms with E-state index >= 15 is 0 Å². The quantitative estimate of drug-likeness (QED) is 0.448. The summed E-state index contributed by atoms with van der Waals surface area (Å²) in [5.41, 5.74) is 8.26. The summed E-state index contributed by atoms with van der Waals surface area (Å²) in [7, 11) is 0. The van der Waals surface area contributed by atoms with Gasteiger partial charge in [0, 0.05) is 23.0 Å². The van der Waals surface area contributed by atoms with Gasteiger partial charge >= 0.3 is 0 Å². The Labute approximate surface area is 176 Å². The number of carbonyl (C=O) groups excluding carboxylic acids is 2. The molecule has 0 heterocycles. The van der Waals surface area contributed by atoms with Crippen molar-refractivity contribution in [2.75, 3.05) is 23.8 Å². The van der Waals surface area contributed by atoms with Crippen LogP contribution in [0.2, 0.25) is 0 Å². The number of ether oxygens (including phenoxy) is 1. The van der Waals surface area contributed by atoms with Gasteiger partial charge in [-0.25, -0.2) is 0 Å². The molecule has 3 aromatic carbocycles. The van der Waals surface area contributed by atoms with Gasteiger partial charge in [0.05, 0.1) is 13.2 Å². The largest absolute Gasteiger partial charge is 0.494 e. The van der Waals surface area contributed by atoms with Gasteiger partial charge in [-0.3, -0.25) is 9.59 Å². The van der Waals surface area contributed by atoms with Crippen LogP contribution in [0.1, 0.15) is 22.3 Å². The van der Waals surface area contributed by atoms with Crippen LogP contribution >= 0.6 is 0 Å². The first kappa shape index (κ1) is 20.9. The van der Waals surface area contributed by atoms with Crippen molar-refractivity contribution in [1.82, 2.24) is 0 Å². The van der Waals surface area contributed by atoms with E-state index in [1.54, 1.807) is 30.3 Å². The van der Waals surface area contributed by atoms with Gasteiger partial charge in [-0.1, -0.05) is 42.5 Å². The van der Waals surface area contributed by atoms with Crippen molar-refractivity contribution < 1.29 is 14.3 Å². The van der Waals surface area contributed by atoms with Crippen molar-refractivity contribution in [3.05, 3.63) is 90.0 Å². The molecule has 6 heteroatoms. The fourth-order valence-electron chi connectivity index (χ4n) is 2.94. The molecule has 30 heavy (non-hydrogen) atoms. The fraction of sp³-hybridized carbons (Fsp3) is 0.167. The zero-order valence-electron chi connectivity index (χ0n) is 16.6. The predicted molar refractivity (Wildman–Crippen MR) is 119 cm³/mol. The Hall–Kier alpha value is -3.80. The lowest BCUT2D eigenvalue weighted by Crippen LogP contribution is -2.22. The van der Waals surface area contributed by atoms with Crippen LogP contribution in [0.3, 0.4) is 0 Å². The zero-order chi connectivity index (χ0) is 21.2. The van der Waals surface area contributed by atoms with Crippen molar-refractivity contribution in [1.29, 1.82) is 0 Å². The highest BCUT2D eigenvalue weighted by atomic mass is 16.5. The molecule has 0 fully saturated rings. The molecule has 4 N–H and O–H groups in total. The van der Waals surface area contributed by atoms with Gasteiger partial charge in [0.15, 0.2) is 0 Å². The molecule has 0 aliphatic rings. The standard InChI is InChI=1S/C24H25N3O3/c25-24(29)19-10-4-11-20(15-19)26-17-23(28)27-21-12-5-13-22(16-21)30-14-6-9-18-7-2-1-3-8-18/h1-5,7-8,10-13,15-16,26H,6,9,14,17H2,(H2,25,29)(H,27,28). The highest BCUT2D eigenvalue weighted by Crippen LogP contribution is 2.18. The summed E-state index contributed by atoms with van der Waals surface area (Å²) < 4.78 is 5.80. The molecular formula is C24H25N3O3. The molecule has 0 spiro atoms. The molecular weight excluding hydrogens is 378 g/mol. The van der Waals surface area contributed by atoms with E-state index in [2.05, 4.69) is 22.8 Å². The molecule has 0 atom stereocenters. The number of hydrogen-bond donors (Lipinski definition) is 3. The number of nitrogens with one attached hydrogen (secondary N) is 2. The first-order valence-electron chi connectivity index (χ1n) is 9.80. The van der Waals surface area contributed by atoms with Gasteiger partial charge in [0.25, 0.3) is 0 Å². The van der Waals surface area contributed by atoms with Crippen LogP contribution in [0.4, 0.5) is 11.4 Å². The summed E-state index contributed by atoms with van der Waals surface area (Å²) >= 11 is 0. The minimum absolute atomic E-state index is 0.0599. The van der Waals surface area contributed by atoms with Crippen molar-refractivity contribution >= 4 is 23.2 Å². The minimum atomic E-state index is -0.510. The summed E-state index contributed by atoms with van der Waals surface area (Å²) in [6.07, 6.45) is 1.87. The van der Waals surface area contributed by atoms with Crippen LogP contribution in [-0.4, -0.2) is 25.0 Å². The number of aryl methyl sites for hydroxylation is 1. The molecule has 3 aromatic rings. The predicted octanol–water partition coefficient (Wildman–Crippen LogP) is 3.85. The first-order chi connectivity index (χ1) is 14.6. The van der Waals surface area contributed by atoms with E-state index in [1.165, 1.54) is 5.56 Å². The third-order valence-electron chi connectivity index (χ3n) is 4.44. The number of carbonyl (C=O) groups is 2. The van der Waals surface area contributed by atoms with E-state index in [0.717, 1.165) is 12.8 Å². The highest BCUT2D eigenvalue weighted by Gasteiger charge is 2.06. The van der Waals surface area contributed by atoms with Crippen LogP contribution in [0.5, 0.6) is 5.75 Å². The summed E-state index contributed by atoms with van der Waals surface area (Å²) in [5, 5.41) is 5.81. The van der Waals surface area contributed by atoms with Crippen LogP contribution in [0.15, 0.2) is 78.9 Å². The molecule has 0 aliphatic heterocycles. The topological polar surface area (TPSA) is 93.5 Å². The first-order valence-corrected chi connectivity index (χ1v) is 9.80. The summed E-state index contributed by atoms with van der Waals surface area (Å²) in [6.45, 7) is 0.661. The Morgan fingerprint density at radius 2 is 1.63 bits per heavy atom. The average Bonchev–Trinajstić information content (AvgIpc) is 2.76. The number of primary amides is 1. The molecule has 0 unspecified atom stereocenters. The van der Waals surface area contributed by atoms with Gasteiger partial charge in [-0.2, -0.15) is 0 Å². The molecule has 154 valence electrons. The Morgan fingerprint density at radius 3 is 2.43 bits per heavy atom. The van der Waals surface area contributed by atoms with Crippen LogP contribution in [0.25, 0.3) is 0 Å². The number of rotatable bonds is 10. The van der Waals surface area contributed by atoms with E-state index in [4.69, 9.17) is 10.5 Å². The number of hydrogen-bond acceptors (Lipinski definition) is 4. The minimum Gasteiger partial charge on any atom is -0.494 e. The number of nitrogens with two attached hydrogens (primary N) is 1. The third kappa shape index (κ3) is 6.67. The zero-order valence-corrected chi connectivity index (χ0v) is 16.6. The Morgan fingerprint density at radius 1 is 0.867 bits per heavy atom. The molecule has 6 nitrogen and oxygen atoms in total. The molecule has 0 aliphatic carbocycles. The molecule has 0 aromatic heterocycles. The molecule has 2 amide bonds. The average molecular weight is 403 g/mol. The highest BCUT2D eigenvalue weighted by molar-refractivity contribution is 5.95. The Kier molecular flexibility index (Phi) is 7.44. The van der Waals surface area contributed by atoms with Gasteiger partial charge in [0.1, 0.15) is 5.75 Å². The molecule has 0 saturated carbocycles. The number of benzene rings is 3. The normalized spacial score (nSPS) is 10.3. The lowest BCUT2D eigenvalue weighted by molar-refractivity contribution is -0.114. The van der Waals surface area contributed by atoms with E-state index in [9.17, 15) is 9.59 Å². The molecule has 0 bridgehead atoms. The van der Waals surface area contributed by atoms with Gasteiger partial charge in [0.2, 0.25) is 11.8 Å². The second-order valence-electron chi connectivity index (χ2n) is 6.81. The Bertz CT molecular complexity index is 990. The van der Waals surface area contributed by atoms with Gasteiger partial charge in [-0.15, -0.1) is 0 Å². The SMILES string of the molecule is NC(=O)c1cccc(NCC(=O)Nc2cccc(OCCCc3ccccc3)c2)c1. The van der Waals surface area contributed by atoms with E-state index in [1.807, 2.05) is 36.4 Å². The van der Waals surface area contributed by atoms with E-state index in [-0.39, 0.29) is 12.5 Å². The summed E-state index contributed by atoms with van der Waals surface area (Å²) in [6, 6.07) is 24.3. The van der Waals surface area contributed by atoms with E-state index < -0.39 is 5.91 Å². The third-order valence-corrected chi connectivity index (χ3v) is 4.44. The van der Waals surface area contributed by atoms with Crippen LogP contribution in [0, 0.1) is 0 Å². The van der Waals surface area contributed by atoms with E-state index in [0.29, 0.717) is 29.3 Å². The van der Waals surface area contributed by atoms with Gasteiger partial charge < -0.3 is 21.1 Å². The number of anilines is 2. The van der Waals surface area contributed by atoms with Crippen LogP contribution in [-0.2, 0) is 11.2 Å². The smallest absolute Gasteiger partial charge is 0.248 e. The molecule has 0 radical (unpaired) electrons. The maximum absolute atomic E-state index is 12.2. The maximum Gasteiger partial charge on any atom is 0.248 e. The van der Waals surface area contributed by atoms with Crippen molar-refractivity contribution in [3.63, 3.8) is 0 Å². The second-order valence-corrected chi connectivity index (χ2v) is 6.81. The monoisotopic (exact) mass is 403 g/mol. The number of amides is 2. The summed E-state index contributed by atoms with van der Waals surface area (Å²) in [4.78, 5) is 23.5. The fourth-order valence-corrected chi connectivity index (χ4v) is 2.94. The van der Waals surface area contributed by atoms with Gasteiger partial charge in [-0.05, 0) is 48.7 Å². The molecule has 3 rings (SSSR count). The van der Waals surface area contributed by atoms with Crippen molar-refractivity contribution in [2.24, 2.45) is 5.73 Å². The van der Waals surface area contributed by atoms with Crippen molar-refractivity contribution in [3.8, 4) is 5.75 Å². The lowest BCUT2D eigenvalue weighted by atomic mass is 10.1. The molecule has 0 saturated heterocycles. The second kappa shape index (κ2) is 10.7. The van der Waals surface area contributed by atoms with Crippen molar-refractivity contribution in [2.45, 2.75) is 12.8 Å². The lowest BCUT2D eigenvalue weighted by Gasteiger charge is -2.11. The van der Waals surface area contributed by atoms with Crippen LogP contribution < -0.4 is 21.1 Å².